The molecule has 0 unspecified atom stereocenters. The van der Waals surface area contributed by atoms with E-state index in [1.54, 1.807) is 19.1 Å². The quantitative estimate of drug-likeness (QED) is 0.417. The number of amides is 1. The van der Waals surface area contributed by atoms with Gasteiger partial charge in [-0.2, -0.15) is 5.26 Å². The lowest BCUT2D eigenvalue weighted by Gasteiger charge is -2.08. The van der Waals surface area contributed by atoms with Crippen LogP contribution >= 0.6 is 0 Å². The number of phenolic OH excluding ortho intramolecular Hbond substituents is 1. The third kappa shape index (κ3) is 4.61. The first-order valence-corrected chi connectivity index (χ1v) is 7.67. The molecule has 132 valence electrons. The molecule has 0 fully saturated rings. The molecule has 0 spiro atoms. The number of hydrogen-bond donors (Lipinski definition) is 3. The molecule has 0 saturated heterocycles. The number of hydrogen-bond acceptors (Lipinski definition) is 5. The Morgan fingerprint density at radius 1 is 1.23 bits per heavy atom. The standard InChI is InChI=1S/C19H16N2O5/c1-2-26-17-8-3-12(10-16(17)19(24)25)9-13(11-20)18(23)21-14-4-6-15(22)7-5-14/h3-10,22H,2H2,1H3,(H,21,23)(H,24,25)/b13-9+. The molecule has 7 heteroatoms. The summed E-state index contributed by atoms with van der Waals surface area (Å²) in [6.07, 6.45) is 1.29. The van der Waals surface area contributed by atoms with Crippen LogP contribution in [0.1, 0.15) is 22.8 Å². The van der Waals surface area contributed by atoms with Crippen LogP contribution < -0.4 is 10.1 Å². The predicted molar refractivity (Wildman–Crippen MR) is 94.9 cm³/mol. The van der Waals surface area contributed by atoms with E-state index in [-0.39, 0.29) is 22.6 Å². The fourth-order valence-corrected chi connectivity index (χ4v) is 2.14. The summed E-state index contributed by atoms with van der Waals surface area (Å²) in [6.45, 7) is 2.05. The second-order valence-electron chi connectivity index (χ2n) is 5.16. The highest BCUT2D eigenvalue weighted by atomic mass is 16.5. The third-order valence-electron chi connectivity index (χ3n) is 3.34. The molecule has 2 aromatic rings. The van der Waals surface area contributed by atoms with Gasteiger partial charge in [-0.15, -0.1) is 0 Å². The number of aromatic hydroxyl groups is 1. The fraction of sp³-hybridized carbons (Fsp3) is 0.105. The number of carboxylic acid groups (broad SMARTS) is 1. The second kappa shape index (κ2) is 8.35. The molecule has 26 heavy (non-hydrogen) atoms. The van der Waals surface area contributed by atoms with Gasteiger partial charge in [-0.25, -0.2) is 4.79 Å². The molecule has 2 aromatic carbocycles. The van der Waals surface area contributed by atoms with Gasteiger partial charge in [-0.05, 0) is 55.0 Å². The van der Waals surface area contributed by atoms with Crippen LogP contribution in [0.4, 0.5) is 5.69 Å². The van der Waals surface area contributed by atoms with Gasteiger partial charge in [0.2, 0.25) is 0 Å². The average molecular weight is 352 g/mol. The molecule has 2 rings (SSSR count). The Morgan fingerprint density at radius 3 is 2.50 bits per heavy atom. The monoisotopic (exact) mass is 352 g/mol. The zero-order chi connectivity index (χ0) is 19.1. The first kappa shape index (κ1) is 18.5. The predicted octanol–water partition coefficient (Wildman–Crippen LogP) is 3.03. The van der Waals surface area contributed by atoms with Crippen LogP contribution in [-0.2, 0) is 4.79 Å². The number of aromatic carboxylic acids is 1. The lowest BCUT2D eigenvalue weighted by atomic mass is 10.1. The molecule has 3 N–H and O–H groups in total. The number of carbonyl (C=O) groups excluding carboxylic acids is 1. The molecule has 7 nitrogen and oxygen atoms in total. The van der Waals surface area contributed by atoms with Gasteiger partial charge in [-0.1, -0.05) is 6.07 Å². The number of nitrogens with one attached hydrogen (secondary N) is 1. The molecule has 1 amide bonds. The van der Waals surface area contributed by atoms with Crippen molar-refractivity contribution in [2.75, 3.05) is 11.9 Å². The fourth-order valence-electron chi connectivity index (χ4n) is 2.14. The van der Waals surface area contributed by atoms with Crippen LogP contribution in [0.2, 0.25) is 0 Å². The second-order valence-corrected chi connectivity index (χ2v) is 5.16. The Balaban J connectivity index is 2.28. The third-order valence-corrected chi connectivity index (χ3v) is 3.34. The van der Waals surface area contributed by atoms with E-state index in [4.69, 9.17) is 4.74 Å². The highest BCUT2D eigenvalue weighted by molar-refractivity contribution is 6.09. The summed E-state index contributed by atoms with van der Waals surface area (Å²) >= 11 is 0. The van der Waals surface area contributed by atoms with Crippen molar-refractivity contribution in [2.24, 2.45) is 0 Å². The van der Waals surface area contributed by atoms with Gasteiger partial charge in [-0.3, -0.25) is 4.79 Å². The molecule has 0 bridgehead atoms. The van der Waals surface area contributed by atoms with Gasteiger partial charge < -0.3 is 20.3 Å². The molecule has 0 aliphatic rings. The number of ether oxygens (including phenoxy) is 1. The molecular weight excluding hydrogens is 336 g/mol. The van der Waals surface area contributed by atoms with Crippen molar-refractivity contribution in [3.63, 3.8) is 0 Å². The highest BCUT2D eigenvalue weighted by Gasteiger charge is 2.14. The van der Waals surface area contributed by atoms with Crippen molar-refractivity contribution < 1.29 is 24.5 Å². The highest BCUT2D eigenvalue weighted by Crippen LogP contribution is 2.22. The van der Waals surface area contributed by atoms with Crippen LogP contribution in [0.15, 0.2) is 48.0 Å². The maximum Gasteiger partial charge on any atom is 0.339 e. The van der Waals surface area contributed by atoms with Crippen molar-refractivity contribution in [3.8, 4) is 17.6 Å². The number of nitriles is 1. The van der Waals surface area contributed by atoms with E-state index in [1.165, 1.54) is 42.5 Å². The smallest absolute Gasteiger partial charge is 0.339 e. The molecule has 0 saturated carbocycles. The van der Waals surface area contributed by atoms with E-state index in [2.05, 4.69) is 5.32 Å². The summed E-state index contributed by atoms with van der Waals surface area (Å²) in [7, 11) is 0. The summed E-state index contributed by atoms with van der Waals surface area (Å²) < 4.78 is 5.25. The zero-order valence-electron chi connectivity index (χ0n) is 13.9. The number of carboxylic acids is 1. The van der Waals surface area contributed by atoms with Gasteiger partial charge in [0.15, 0.2) is 0 Å². The van der Waals surface area contributed by atoms with Crippen LogP contribution in [0.3, 0.4) is 0 Å². The number of phenols is 1. The maximum absolute atomic E-state index is 12.2. The van der Waals surface area contributed by atoms with Gasteiger partial charge in [0, 0.05) is 5.69 Å². The molecule has 0 heterocycles. The van der Waals surface area contributed by atoms with Gasteiger partial charge in [0.25, 0.3) is 5.91 Å². The Hall–Kier alpha value is -3.79. The van der Waals surface area contributed by atoms with E-state index in [0.29, 0.717) is 17.9 Å². The first-order chi connectivity index (χ1) is 12.4. The van der Waals surface area contributed by atoms with Crippen molar-refractivity contribution in [1.82, 2.24) is 0 Å². The van der Waals surface area contributed by atoms with Gasteiger partial charge in [0.1, 0.15) is 28.7 Å². The number of benzene rings is 2. The van der Waals surface area contributed by atoms with Crippen LogP contribution in [0.25, 0.3) is 6.08 Å². The summed E-state index contributed by atoms with van der Waals surface area (Å²) in [6, 6.07) is 11.9. The Morgan fingerprint density at radius 2 is 1.92 bits per heavy atom. The minimum Gasteiger partial charge on any atom is -0.508 e. The van der Waals surface area contributed by atoms with E-state index in [0.717, 1.165) is 0 Å². The van der Waals surface area contributed by atoms with E-state index in [9.17, 15) is 25.1 Å². The lowest BCUT2D eigenvalue weighted by molar-refractivity contribution is -0.112. The van der Waals surface area contributed by atoms with Gasteiger partial charge in [0.05, 0.1) is 6.61 Å². The van der Waals surface area contributed by atoms with Crippen molar-refractivity contribution in [3.05, 3.63) is 59.2 Å². The van der Waals surface area contributed by atoms with Crippen molar-refractivity contribution in [2.45, 2.75) is 6.92 Å². The number of carbonyl (C=O) groups is 2. The minimum atomic E-state index is -1.17. The van der Waals surface area contributed by atoms with Crippen molar-refractivity contribution in [1.29, 1.82) is 5.26 Å². The summed E-state index contributed by atoms with van der Waals surface area (Å²) in [4.78, 5) is 23.6. The molecular formula is C19H16N2O5. The van der Waals surface area contributed by atoms with Crippen LogP contribution in [0.5, 0.6) is 11.5 Å². The van der Waals surface area contributed by atoms with Gasteiger partial charge >= 0.3 is 5.97 Å². The molecule has 0 radical (unpaired) electrons. The Bertz CT molecular complexity index is 895. The molecule has 0 aliphatic heterocycles. The SMILES string of the molecule is CCOc1ccc(/C=C(\C#N)C(=O)Nc2ccc(O)cc2)cc1C(=O)O. The maximum atomic E-state index is 12.2. The summed E-state index contributed by atoms with van der Waals surface area (Å²) in [5, 5.41) is 30.3. The zero-order valence-corrected chi connectivity index (χ0v) is 13.9. The van der Waals surface area contributed by atoms with E-state index in [1.807, 2.05) is 0 Å². The number of nitrogens with zero attached hydrogens (tertiary/aromatic N) is 1. The first-order valence-electron chi connectivity index (χ1n) is 7.67. The summed E-state index contributed by atoms with van der Waals surface area (Å²) in [5.41, 5.74) is 0.533. The van der Waals surface area contributed by atoms with Crippen LogP contribution in [0, 0.1) is 11.3 Å². The minimum absolute atomic E-state index is 0.0506. The molecule has 0 aliphatic carbocycles. The Labute approximate surface area is 149 Å². The number of anilines is 1. The normalized spacial score (nSPS) is 10.7. The van der Waals surface area contributed by atoms with Crippen LogP contribution in [-0.4, -0.2) is 28.7 Å². The lowest BCUT2D eigenvalue weighted by Crippen LogP contribution is -2.13. The van der Waals surface area contributed by atoms with E-state index < -0.39 is 11.9 Å². The topological polar surface area (TPSA) is 120 Å². The average Bonchev–Trinajstić information content (AvgIpc) is 2.62. The number of rotatable bonds is 6. The summed E-state index contributed by atoms with van der Waals surface area (Å²) in [5.74, 6) is -1.56. The molecule has 0 aromatic heterocycles. The Kier molecular flexibility index (Phi) is 5.96. The van der Waals surface area contributed by atoms with E-state index >= 15 is 0 Å². The van der Waals surface area contributed by atoms with Crippen molar-refractivity contribution >= 4 is 23.6 Å². The molecule has 0 atom stereocenters. The largest absolute Gasteiger partial charge is 0.508 e.